The maximum atomic E-state index is 4.17. The van der Waals surface area contributed by atoms with Gasteiger partial charge in [0.05, 0.1) is 6.17 Å². The van der Waals surface area contributed by atoms with Crippen molar-refractivity contribution in [3.8, 4) is 0 Å². The van der Waals surface area contributed by atoms with Crippen molar-refractivity contribution in [2.75, 3.05) is 6.54 Å². The Morgan fingerprint density at radius 3 is 2.33 bits per heavy atom. The van der Waals surface area contributed by atoms with Crippen LogP contribution in [-0.4, -0.2) is 12.7 Å². The van der Waals surface area contributed by atoms with Gasteiger partial charge in [-0.2, -0.15) is 0 Å². The molecule has 1 fully saturated rings. The van der Waals surface area contributed by atoms with Gasteiger partial charge in [-0.3, -0.25) is 5.32 Å². The minimum Gasteiger partial charge on any atom is -0.373 e. The molecule has 0 aromatic heterocycles. The molecule has 1 unspecified atom stereocenters. The summed E-state index contributed by atoms with van der Waals surface area (Å²) in [6.07, 6.45) is 2.88. The smallest absolute Gasteiger partial charge is 0.0794 e. The summed E-state index contributed by atoms with van der Waals surface area (Å²) >= 11 is 0. The zero-order chi connectivity index (χ0) is 11.4. The maximum absolute atomic E-state index is 4.17. The van der Waals surface area contributed by atoms with Gasteiger partial charge >= 0.3 is 0 Å². The lowest BCUT2D eigenvalue weighted by atomic mass is 9.88. The van der Waals surface area contributed by atoms with E-state index in [0.717, 1.165) is 12.5 Å². The molecule has 0 spiro atoms. The van der Waals surface area contributed by atoms with Crippen molar-refractivity contribution in [1.82, 2.24) is 10.6 Å². The molecule has 0 bridgehead atoms. The van der Waals surface area contributed by atoms with Crippen LogP contribution in [0.2, 0.25) is 0 Å². The van der Waals surface area contributed by atoms with Crippen LogP contribution in [0.3, 0.4) is 0 Å². The fourth-order valence-corrected chi connectivity index (χ4v) is 2.42. The van der Waals surface area contributed by atoms with Crippen LogP contribution in [0.5, 0.6) is 0 Å². The van der Waals surface area contributed by atoms with Crippen molar-refractivity contribution in [2.24, 2.45) is 17.8 Å². The van der Waals surface area contributed by atoms with Crippen molar-refractivity contribution in [3.63, 3.8) is 0 Å². The lowest BCUT2D eigenvalue weighted by molar-refractivity contribution is 0.227. The Balaban J connectivity index is 2.53. The van der Waals surface area contributed by atoms with Crippen LogP contribution in [0.25, 0.3) is 0 Å². The van der Waals surface area contributed by atoms with E-state index in [-0.39, 0.29) is 0 Å². The van der Waals surface area contributed by atoms with Crippen LogP contribution in [-0.2, 0) is 0 Å². The summed E-state index contributed by atoms with van der Waals surface area (Å²) in [7, 11) is 0. The van der Waals surface area contributed by atoms with E-state index in [0.29, 0.717) is 18.0 Å². The predicted molar refractivity (Wildman–Crippen MR) is 66.5 cm³/mol. The number of hydrogen-bond donors (Lipinski definition) is 2. The van der Waals surface area contributed by atoms with E-state index in [1.165, 1.54) is 18.5 Å². The molecule has 2 nitrogen and oxygen atoms in total. The molecular formula is C13H26N2. The summed E-state index contributed by atoms with van der Waals surface area (Å²) in [6, 6.07) is 0. The van der Waals surface area contributed by atoms with Gasteiger partial charge in [-0.05, 0) is 11.8 Å². The third-order valence-electron chi connectivity index (χ3n) is 3.67. The molecule has 15 heavy (non-hydrogen) atoms. The first-order valence-electron chi connectivity index (χ1n) is 6.28. The summed E-state index contributed by atoms with van der Waals surface area (Å²) in [5, 5.41) is 7.16. The van der Waals surface area contributed by atoms with Crippen molar-refractivity contribution in [3.05, 3.63) is 12.3 Å². The Kier molecular flexibility index (Phi) is 4.65. The van der Waals surface area contributed by atoms with E-state index in [9.17, 15) is 0 Å². The molecule has 0 amide bonds. The molecule has 1 rings (SSSR count). The Bertz CT molecular complexity index is 207. The van der Waals surface area contributed by atoms with Gasteiger partial charge in [0.15, 0.2) is 0 Å². The lowest BCUT2D eigenvalue weighted by Crippen LogP contribution is -2.55. The Morgan fingerprint density at radius 1 is 1.33 bits per heavy atom. The molecule has 2 atom stereocenters. The van der Waals surface area contributed by atoms with Gasteiger partial charge in [0.1, 0.15) is 0 Å². The molecule has 1 heterocycles. The topological polar surface area (TPSA) is 24.1 Å². The zero-order valence-corrected chi connectivity index (χ0v) is 10.6. The van der Waals surface area contributed by atoms with E-state index >= 15 is 0 Å². The Labute approximate surface area is 94.5 Å². The second-order valence-electron chi connectivity index (χ2n) is 4.98. The largest absolute Gasteiger partial charge is 0.373 e. The normalized spacial score (nSPS) is 27.2. The highest BCUT2D eigenvalue weighted by molar-refractivity contribution is 5.06. The SMILES string of the molecule is C=C1N[C@@H](C(CC)CC)NCC1C(C)C. The maximum Gasteiger partial charge on any atom is 0.0794 e. The minimum absolute atomic E-state index is 0.433. The van der Waals surface area contributed by atoms with E-state index in [1.54, 1.807) is 0 Å². The molecule has 0 aliphatic carbocycles. The third-order valence-corrected chi connectivity index (χ3v) is 3.67. The van der Waals surface area contributed by atoms with Crippen LogP contribution >= 0.6 is 0 Å². The zero-order valence-electron chi connectivity index (χ0n) is 10.6. The van der Waals surface area contributed by atoms with Gasteiger partial charge in [0, 0.05) is 18.2 Å². The molecule has 0 saturated carbocycles. The summed E-state index contributed by atoms with van der Waals surface area (Å²) in [4.78, 5) is 0. The van der Waals surface area contributed by atoms with Gasteiger partial charge in [-0.1, -0.05) is 47.1 Å². The fourth-order valence-electron chi connectivity index (χ4n) is 2.42. The molecule has 0 radical (unpaired) electrons. The van der Waals surface area contributed by atoms with Gasteiger partial charge in [-0.15, -0.1) is 0 Å². The lowest BCUT2D eigenvalue weighted by Gasteiger charge is -2.39. The second kappa shape index (κ2) is 5.55. The highest BCUT2D eigenvalue weighted by Crippen LogP contribution is 2.23. The Hall–Kier alpha value is -0.500. The van der Waals surface area contributed by atoms with E-state index < -0.39 is 0 Å². The number of rotatable bonds is 4. The molecule has 0 aromatic carbocycles. The van der Waals surface area contributed by atoms with Gasteiger partial charge in [-0.25, -0.2) is 0 Å². The van der Waals surface area contributed by atoms with E-state index in [1.807, 2.05) is 0 Å². The van der Waals surface area contributed by atoms with E-state index in [2.05, 4.69) is 44.9 Å². The van der Waals surface area contributed by atoms with Gasteiger partial charge < -0.3 is 5.32 Å². The summed E-state index contributed by atoms with van der Waals surface area (Å²) in [5.74, 6) is 1.96. The van der Waals surface area contributed by atoms with E-state index in [4.69, 9.17) is 0 Å². The van der Waals surface area contributed by atoms with Crippen molar-refractivity contribution < 1.29 is 0 Å². The van der Waals surface area contributed by atoms with Gasteiger partial charge in [0.25, 0.3) is 0 Å². The molecular weight excluding hydrogens is 184 g/mol. The third kappa shape index (κ3) is 2.97. The molecule has 88 valence electrons. The monoisotopic (exact) mass is 210 g/mol. The first-order chi connectivity index (χ1) is 7.10. The summed E-state index contributed by atoms with van der Waals surface area (Å²) in [6.45, 7) is 14.3. The van der Waals surface area contributed by atoms with Crippen LogP contribution in [0.1, 0.15) is 40.5 Å². The first-order valence-corrected chi connectivity index (χ1v) is 6.28. The number of hydrogen-bond acceptors (Lipinski definition) is 2. The van der Waals surface area contributed by atoms with Crippen LogP contribution in [0.4, 0.5) is 0 Å². The second-order valence-corrected chi connectivity index (χ2v) is 4.98. The highest BCUT2D eigenvalue weighted by Gasteiger charge is 2.28. The molecule has 2 heteroatoms. The Morgan fingerprint density at radius 2 is 1.93 bits per heavy atom. The van der Waals surface area contributed by atoms with Gasteiger partial charge in [0.2, 0.25) is 0 Å². The first kappa shape index (κ1) is 12.6. The summed E-state index contributed by atoms with van der Waals surface area (Å²) in [5.41, 5.74) is 1.22. The molecule has 0 aromatic rings. The minimum atomic E-state index is 0.433. The quantitative estimate of drug-likeness (QED) is 0.745. The predicted octanol–water partition coefficient (Wildman–Crippen LogP) is 2.73. The van der Waals surface area contributed by atoms with Crippen LogP contribution in [0.15, 0.2) is 12.3 Å². The molecule has 1 aliphatic heterocycles. The average molecular weight is 210 g/mol. The molecule has 2 N–H and O–H groups in total. The highest BCUT2D eigenvalue weighted by atomic mass is 15.2. The van der Waals surface area contributed by atoms with Crippen molar-refractivity contribution >= 4 is 0 Å². The standard InChI is InChI=1S/C13H26N2/c1-6-11(7-2)13-14-8-12(9(3)4)10(5)15-13/h9,11-15H,5-8H2,1-4H3/t12?,13-/m0/s1. The van der Waals surface area contributed by atoms with Crippen molar-refractivity contribution in [2.45, 2.75) is 46.7 Å². The van der Waals surface area contributed by atoms with Crippen LogP contribution in [0, 0.1) is 17.8 Å². The van der Waals surface area contributed by atoms with Crippen molar-refractivity contribution in [1.29, 1.82) is 0 Å². The fraction of sp³-hybridized carbons (Fsp3) is 0.846. The average Bonchev–Trinajstić information content (AvgIpc) is 2.19. The van der Waals surface area contributed by atoms with Crippen LogP contribution < -0.4 is 10.6 Å². The molecule has 1 saturated heterocycles. The number of nitrogens with one attached hydrogen (secondary N) is 2. The summed E-state index contributed by atoms with van der Waals surface area (Å²) < 4.78 is 0. The molecule has 1 aliphatic rings.